The van der Waals surface area contributed by atoms with Crippen molar-refractivity contribution in [1.82, 2.24) is 0 Å². The van der Waals surface area contributed by atoms with Crippen LogP contribution in [-0.4, -0.2) is 31.6 Å². The predicted molar refractivity (Wildman–Crippen MR) is 58.9 cm³/mol. The van der Waals surface area contributed by atoms with E-state index in [0.717, 1.165) is 0 Å². The normalized spacial score (nSPS) is 8.82. The second-order valence-electron chi connectivity index (χ2n) is 2.94. The van der Waals surface area contributed by atoms with E-state index in [1.807, 2.05) is 0 Å². The fourth-order valence-electron chi connectivity index (χ4n) is 1.15. The molecule has 0 heterocycles. The first-order valence-electron chi connectivity index (χ1n) is 4.59. The Morgan fingerprint density at radius 2 is 2.12 bits per heavy atom. The van der Waals surface area contributed by atoms with Gasteiger partial charge < -0.3 is 14.6 Å². The average molecular weight is 234 g/mol. The molecular formula is C12H10O5. The molecule has 17 heavy (non-hydrogen) atoms. The molecule has 1 aromatic rings. The molecule has 0 atom stereocenters. The Morgan fingerprint density at radius 3 is 2.65 bits per heavy atom. The number of phenolic OH excluding ortho intramolecular Hbond substituents is 1. The third kappa shape index (κ3) is 2.75. The van der Waals surface area contributed by atoms with Crippen LogP contribution in [0.5, 0.6) is 11.5 Å². The first kappa shape index (κ1) is 12.6. The van der Waals surface area contributed by atoms with Gasteiger partial charge in [0.15, 0.2) is 17.8 Å². The first-order valence-corrected chi connectivity index (χ1v) is 4.59. The summed E-state index contributed by atoms with van der Waals surface area (Å²) in [5.74, 6) is 3.63. The van der Waals surface area contributed by atoms with Crippen molar-refractivity contribution in [3.05, 3.63) is 23.3 Å². The van der Waals surface area contributed by atoms with Crippen molar-refractivity contribution in [1.29, 1.82) is 0 Å². The Labute approximate surface area is 98.0 Å². The second kappa shape index (κ2) is 5.56. The molecule has 0 aliphatic rings. The van der Waals surface area contributed by atoms with Gasteiger partial charge in [-0.2, -0.15) is 0 Å². The highest BCUT2D eigenvalue weighted by atomic mass is 16.5. The molecule has 0 amide bonds. The molecule has 1 aromatic carbocycles. The Kier molecular flexibility index (Phi) is 4.12. The maximum Gasteiger partial charge on any atom is 0.384 e. The van der Waals surface area contributed by atoms with E-state index in [1.54, 1.807) is 0 Å². The monoisotopic (exact) mass is 234 g/mol. The largest absolute Gasteiger partial charge is 0.503 e. The van der Waals surface area contributed by atoms with E-state index in [4.69, 9.17) is 4.74 Å². The van der Waals surface area contributed by atoms with Gasteiger partial charge in [0.25, 0.3) is 0 Å². The van der Waals surface area contributed by atoms with Gasteiger partial charge in [0.2, 0.25) is 0 Å². The zero-order valence-electron chi connectivity index (χ0n) is 9.31. The molecule has 0 saturated carbocycles. The molecule has 0 aliphatic carbocycles. The van der Waals surface area contributed by atoms with E-state index in [-0.39, 0.29) is 22.6 Å². The summed E-state index contributed by atoms with van der Waals surface area (Å²) in [4.78, 5) is 21.6. The Bertz CT molecular complexity index is 508. The van der Waals surface area contributed by atoms with Crippen LogP contribution in [-0.2, 0) is 9.53 Å². The van der Waals surface area contributed by atoms with E-state index >= 15 is 0 Å². The zero-order chi connectivity index (χ0) is 12.8. The summed E-state index contributed by atoms with van der Waals surface area (Å²) < 4.78 is 9.20. The van der Waals surface area contributed by atoms with Crippen molar-refractivity contribution in [2.45, 2.75) is 0 Å². The highest BCUT2D eigenvalue weighted by Crippen LogP contribution is 2.30. The maximum atomic E-state index is 10.9. The van der Waals surface area contributed by atoms with Crippen LogP contribution in [0.25, 0.3) is 0 Å². The van der Waals surface area contributed by atoms with Gasteiger partial charge in [-0.1, -0.05) is 5.92 Å². The number of rotatable bonds is 2. The van der Waals surface area contributed by atoms with Crippen LogP contribution < -0.4 is 4.74 Å². The molecular weight excluding hydrogens is 224 g/mol. The lowest BCUT2D eigenvalue weighted by Gasteiger charge is -2.06. The molecule has 0 radical (unpaired) electrons. The number of carbonyl (C=O) groups excluding carboxylic acids is 2. The van der Waals surface area contributed by atoms with Gasteiger partial charge in [-0.05, 0) is 12.1 Å². The topological polar surface area (TPSA) is 72.8 Å². The molecule has 0 bridgehead atoms. The lowest BCUT2D eigenvalue weighted by atomic mass is 10.1. The summed E-state index contributed by atoms with van der Waals surface area (Å²) >= 11 is 0. The third-order valence-corrected chi connectivity index (χ3v) is 1.99. The van der Waals surface area contributed by atoms with Crippen LogP contribution >= 0.6 is 0 Å². The van der Waals surface area contributed by atoms with Crippen molar-refractivity contribution in [3.63, 3.8) is 0 Å². The van der Waals surface area contributed by atoms with E-state index in [1.165, 1.54) is 26.4 Å². The number of aldehydes is 1. The lowest BCUT2D eigenvalue weighted by Crippen LogP contribution is -1.96. The molecule has 5 nitrogen and oxygen atoms in total. The molecule has 0 aromatic heterocycles. The first-order chi connectivity index (χ1) is 8.13. The molecule has 0 unspecified atom stereocenters. The van der Waals surface area contributed by atoms with Crippen molar-refractivity contribution in [2.24, 2.45) is 0 Å². The predicted octanol–water partition coefficient (Wildman–Crippen LogP) is 0.738. The third-order valence-electron chi connectivity index (χ3n) is 1.99. The maximum absolute atomic E-state index is 10.9. The summed E-state index contributed by atoms with van der Waals surface area (Å²) in [6.07, 6.45) is 0.528. The Balaban J connectivity index is 3.31. The number of methoxy groups -OCH3 is 2. The number of carbonyl (C=O) groups is 2. The lowest BCUT2D eigenvalue weighted by molar-refractivity contribution is -0.133. The summed E-state index contributed by atoms with van der Waals surface area (Å²) in [6.45, 7) is 0. The van der Waals surface area contributed by atoms with Gasteiger partial charge in [-0.15, -0.1) is 0 Å². The van der Waals surface area contributed by atoms with Gasteiger partial charge in [-0.25, -0.2) is 4.79 Å². The SMILES string of the molecule is COC(=O)C#Cc1c(C=O)ccc(OC)c1O. The van der Waals surface area contributed by atoms with Gasteiger partial charge in [0, 0.05) is 11.5 Å². The summed E-state index contributed by atoms with van der Waals surface area (Å²) in [5, 5.41) is 9.75. The minimum Gasteiger partial charge on any atom is -0.503 e. The molecule has 0 aliphatic heterocycles. The Hall–Kier alpha value is -2.48. The van der Waals surface area contributed by atoms with Gasteiger partial charge >= 0.3 is 5.97 Å². The number of hydrogen-bond donors (Lipinski definition) is 1. The van der Waals surface area contributed by atoms with E-state index in [0.29, 0.717) is 6.29 Å². The number of benzene rings is 1. The van der Waals surface area contributed by atoms with Crippen molar-refractivity contribution >= 4 is 12.3 Å². The molecule has 0 fully saturated rings. The van der Waals surface area contributed by atoms with E-state index < -0.39 is 5.97 Å². The average Bonchev–Trinajstić information content (AvgIpc) is 2.36. The van der Waals surface area contributed by atoms with Crippen LogP contribution in [0.4, 0.5) is 0 Å². The van der Waals surface area contributed by atoms with Gasteiger partial charge in [0.1, 0.15) is 0 Å². The molecule has 0 spiro atoms. The molecule has 0 saturated heterocycles. The van der Waals surface area contributed by atoms with Gasteiger partial charge in [-0.3, -0.25) is 4.79 Å². The number of hydrogen-bond acceptors (Lipinski definition) is 5. The summed E-state index contributed by atoms with van der Waals surface area (Å²) in [7, 11) is 2.55. The number of ether oxygens (including phenoxy) is 2. The van der Waals surface area contributed by atoms with Gasteiger partial charge in [0.05, 0.1) is 19.8 Å². The van der Waals surface area contributed by atoms with Crippen LogP contribution in [0.15, 0.2) is 12.1 Å². The van der Waals surface area contributed by atoms with E-state index in [9.17, 15) is 14.7 Å². The van der Waals surface area contributed by atoms with Crippen molar-refractivity contribution in [3.8, 4) is 23.3 Å². The Morgan fingerprint density at radius 1 is 1.41 bits per heavy atom. The minimum atomic E-state index is -0.760. The summed E-state index contributed by atoms with van der Waals surface area (Å²) in [5.41, 5.74) is 0.199. The smallest absolute Gasteiger partial charge is 0.384 e. The molecule has 1 rings (SSSR count). The number of aromatic hydroxyl groups is 1. The van der Waals surface area contributed by atoms with Crippen molar-refractivity contribution < 1.29 is 24.2 Å². The van der Waals surface area contributed by atoms with Crippen LogP contribution in [0, 0.1) is 11.8 Å². The molecule has 88 valence electrons. The fraction of sp³-hybridized carbons (Fsp3) is 0.167. The molecule has 1 N–H and O–H groups in total. The highest BCUT2D eigenvalue weighted by Gasteiger charge is 2.11. The second-order valence-corrected chi connectivity index (χ2v) is 2.94. The fourth-order valence-corrected chi connectivity index (χ4v) is 1.15. The standard InChI is InChI=1S/C12H10O5/c1-16-10-5-3-8(7-13)9(12(10)15)4-6-11(14)17-2/h3,5,7,15H,1-2H3. The van der Waals surface area contributed by atoms with E-state index in [2.05, 4.69) is 16.6 Å². The quantitative estimate of drug-likeness (QED) is 0.464. The number of esters is 1. The summed E-state index contributed by atoms with van der Waals surface area (Å²) in [6, 6.07) is 2.87. The van der Waals surface area contributed by atoms with Crippen LogP contribution in [0.2, 0.25) is 0 Å². The van der Waals surface area contributed by atoms with Crippen molar-refractivity contribution in [2.75, 3.05) is 14.2 Å². The number of phenols is 1. The zero-order valence-corrected chi connectivity index (χ0v) is 9.31. The molecule has 5 heteroatoms. The minimum absolute atomic E-state index is 0.0322. The van der Waals surface area contributed by atoms with Crippen LogP contribution in [0.3, 0.4) is 0 Å². The highest BCUT2D eigenvalue weighted by molar-refractivity contribution is 5.91. The van der Waals surface area contributed by atoms with Crippen LogP contribution in [0.1, 0.15) is 15.9 Å².